The van der Waals surface area contributed by atoms with Crippen LogP contribution in [0.5, 0.6) is 0 Å². The molecule has 0 aliphatic heterocycles. The van der Waals surface area contributed by atoms with Crippen molar-refractivity contribution in [2.24, 2.45) is 0 Å². The average Bonchev–Trinajstić information content (AvgIpc) is 3.19. The first-order valence-electron chi connectivity index (χ1n) is 11.7. The first-order valence-corrected chi connectivity index (χ1v) is 13.5. The highest BCUT2D eigenvalue weighted by Gasteiger charge is 2.21. The Morgan fingerprint density at radius 1 is 0.886 bits per heavy atom. The lowest BCUT2D eigenvalue weighted by molar-refractivity contribution is 0.590. The zero-order valence-electron chi connectivity index (χ0n) is 20.4. The molecule has 5 heteroatoms. The van der Waals surface area contributed by atoms with Crippen LogP contribution in [0.4, 0.5) is 0 Å². The molecule has 0 atom stereocenters. The van der Waals surface area contributed by atoms with E-state index in [0.29, 0.717) is 5.39 Å². The summed E-state index contributed by atoms with van der Waals surface area (Å²) in [6.45, 7) is 8.74. The Labute approximate surface area is 214 Å². The highest BCUT2D eigenvalue weighted by atomic mass is 32.2. The Kier molecular flexibility index (Phi) is 6.39. The van der Waals surface area contributed by atoms with Crippen molar-refractivity contribution >= 4 is 33.3 Å². The minimum Gasteiger partial charge on any atom is -0.268 e. The van der Waals surface area contributed by atoms with Crippen LogP contribution >= 0.6 is 23.1 Å². The van der Waals surface area contributed by atoms with Gasteiger partial charge in [0.05, 0.1) is 11.1 Å². The normalized spacial score (nSPS) is 11.8. The molecule has 0 aliphatic rings. The lowest BCUT2D eigenvalue weighted by atomic mass is 9.87. The van der Waals surface area contributed by atoms with Crippen molar-refractivity contribution in [2.45, 2.75) is 44.0 Å². The Morgan fingerprint density at radius 3 is 2.14 bits per heavy atom. The number of thiophene rings is 1. The second kappa shape index (κ2) is 9.48. The monoisotopic (exact) mass is 496 g/mol. The van der Waals surface area contributed by atoms with Gasteiger partial charge in [0.15, 0.2) is 5.16 Å². The molecule has 176 valence electrons. The molecule has 0 amide bonds. The van der Waals surface area contributed by atoms with Gasteiger partial charge in [0.25, 0.3) is 5.56 Å². The zero-order chi connectivity index (χ0) is 24.6. The molecule has 5 rings (SSSR count). The molecular weight excluding hydrogens is 468 g/mol. The molecule has 2 aromatic heterocycles. The first-order chi connectivity index (χ1) is 16.8. The number of fused-ring (bicyclic) bond motifs is 1. The van der Waals surface area contributed by atoms with E-state index in [2.05, 4.69) is 64.1 Å². The van der Waals surface area contributed by atoms with E-state index in [1.165, 1.54) is 11.1 Å². The molecule has 3 nitrogen and oxygen atoms in total. The summed E-state index contributed by atoms with van der Waals surface area (Å²) in [6, 6.07) is 28.7. The van der Waals surface area contributed by atoms with Crippen LogP contribution in [0.15, 0.2) is 94.9 Å². The standard InChI is InChI=1S/C30H28N2OS2/c1-20-25(22-11-7-5-8-12-22)26-27(35-20)31-29(32(28(26)33)24-13-9-6-10-14-24)34-19-21-15-17-23(18-16-21)30(2,3)4/h5-18H,19H2,1-4H3. The van der Waals surface area contributed by atoms with E-state index < -0.39 is 0 Å². The fourth-order valence-electron chi connectivity index (χ4n) is 4.25. The van der Waals surface area contributed by atoms with Gasteiger partial charge in [0.1, 0.15) is 4.83 Å². The van der Waals surface area contributed by atoms with Gasteiger partial charge < -0.3 is 0 Å². The van der Waals surface area contributed by atoms with E-state index in [-0.39, 0.29) is 11.0 Å². The maximum atomic E-state index is 14.0. The summed E-state index contributed by atoms with van der Waals surface area (Å²) < 4.78 is 1.77. The molecule has 0 spiro atoms. The van der Waals surface area contributed by atoms with Gasteiger partial charge in [0, 0.05) is 16.2 Å². The second-order valence-electron chi connectivity index (χ2n) is 9.69. The molecule has 0 saturated carbocycles. The quantitative estimate of drug-likeness (QED) is 0.183. The van der Waals surface area contributed by atoms with Crippen molar-refractivity contribution in [1.82, 2.24) is 9.55 Å². The molecule has 0 fully saturated rings. The van der Waals surface area contributed by atoms with Crippen molar-refractivity contribution in [2.75, 3.05) is 0 Å². The SMILES string of the molecule is Cc1sc2nc(SCc3ccc(C(C)(C)C)cc3)n(-c3ccccc3)c(=O)c2c1-c1ccccc1. The molecule has 0 aliphatic carbocycles. The summed E-state index contributed by atoms with van der Waals surface area (Å²) in [4.78, 5) is 21.0. The van der Waals surface area contributed by atoms with Gasteiger partial charge in [-0.05, 0) is 41.2 Å². The topological polar surface area (TPSA) is 34.9 Å². The highest BCUT2D eigenvalue weighted by Crippen LogP contribution is 2.37. The highest BCUT2D eigenvalue weighted by molar-refractivity contribution is 7.98. The third-order valence-electron chi connectivity index (χ3n) is 6.14. The van der Waals surface area contributed by atoms with Gasteiger partial charge >= 0.3 is 0 Å². The Balaban J connectivity index is 1.61. The molecule has 0 bridgehead atoms. The van der Waals surface area contributed by atoms with E-state index in [4.69, 9.17) is 4.98 Å². The number of aromatic nitrogens is 2. The molecule has 0 saturated heterocycles. The van der Waals surface area contributed by atoms with E-state index in [1.807, 2.05) is 48.5 Å². The third kappa shape index (κ3) is 4.71. The van der Waals surface area contributed by atoms with Crippen molar-refractivity contribution in [3.8, 4) is 16.8 Å². The van der Waals surface area contributed by atoms with Gasteiger partial charge in [-0.3, -0.25) is 9.36 Å². The average molecular weight is 497 g/mol. The molecular formula is C30H28N2OS2. The molecule has 0 unspecified atom stereocenters. The fraction of sp³-hybridized carbons (Fsp3) is 0.200. The van der Waals surface area contributed by atoms with Gasteiger partial charge in [-0.25, -0.2) is 4.98 Å². The summed E-state index contributed by atoms with van der Waals surface area (Å²) in [5, 5.41) is 1.41. The van der Waals surface area contributed by atoms with Gasteiger partial charge in [-0.2, -0.15) is 0 Å². The van der Waals surface area contributed by atoms with Crippen LogP contribution in [-0.4, -0.2) is 9.55 Å². The van der Waals surface area contributed by atoms with Crippen LogP contribution in [0.2, 0.25) is 0 Å². The van der Waals surface area contributed by atoms with Crippen LogP contribution in [-0.2, 0) is 11.2 Å². The smallest absolute Gasteiger partial charge is 0.268 e. The predicted molar refractivity (Wildman–Crippen MR) is 150 cm³/mol. The molecule has 5 aromatic rings. The van der Waals surface area contributed by atoms with Crippen molar-refractivity contribution < 1.29 is 0 Å². The molecule has 35 heavy (non-hydrogen) atoms. The van der Waals surface area contributed by atoms with Crippen LogP contribution in [0.1, 0.15) is 36.8 Å². The zero-order valence-corrected chi connectivity index (χ0v) is 22.0. The number of para-hydroxylation sites is 1. The van der Waals surface area contributed by atoms with Crippen molar-refractivity contribution in [1.29, 1.82) is 0 Å². The van der Waals surface area contributed by atoms with Gasteiger partial charge in [0.2, 0.25) is 0 Å². The van der Waals surface area contributed by atoms with E-state index in [1.54, 1.807) is 27.7 Å². The first kappa shape index (κ1) is 23.6. The molecule has 0 N–H and O–H groups in total. The second-order valence-corrected chi connectivity index (χ2v) is 11.8. The van der Waals surface area contributed by atoms with Crippen LogP contribution < -0.4 is 5.56 Å². The fourth-order valence-corrected chi connectivity index (χ4v) is 6.30. The number of hydrogen-bond donors (Lipinski definition) is 0. The minimum absolute atomic E-state index is 0.0185. The summed E-state index contributed by atoms with van der Waals surface area (Å²) in [7, 11) is 0. The molecule has 2 heterocycles. The van der Waals surface area contributed by atoms with Gasteiger partial charge in [-0.15, -0.1) is 11.3 Å². The van der Waals surface area contributed by atoms with Crippen molar-refractivity contribution in [3.63, 3.8) is 0 Å². The van der Waals surface area contributed by atoms with Crippen LogP contribution in [0, 0.1) is 6.92 Å². The number of hydrogen-bond acceptors (Lipinski definition) is 4. The lowest BCUT2D eigenvalue weighted by Crippen LogP contribution is -2.21. The summed E-state index contributed by atoms with van der Waals surface area (Å²) in [6.07, 6.45) is 0. The van der Waals surface area contributed by atoms with Crippen LogP contribution in [0.3, 0.4) is 0 Å². The van der Waals surface area contributed by atoms with E-state index >= 15 is 0 Å². The van der Waals surface area contributed by atoms with Gasteiger partial charge in [-0.1, -0.05) is 105 Å². The van der Waals surface area contributed by atoms with E-state index in [9.17, 15) is 4.79 Å². The number of benzene rings is 3. The number of nitrogens with zero attached hydrogens (tertiary/aromatic N) is 2. The molecule has 0 radical (unpaired) electrons. The summed E-state index contributed by atoms with van der Waals surface area (Å²) in [5.41, 5.74) is 5.50. The maximum absolute atomic E-state index is 14.0. The largest absolute Gasteiger partial charge is 0.268 e. The minimum atomic E-state index is -0.0185. The summed E-state index contributed by atoms with van der Waals surface area (Å²) in [5.74, 6) is 0.741. The predicted octanol–water partition coefficient (Wildman–Crippen LogP) is 8.01. The maximum Gasteiger partial charge on any atom is 0.268 e. The van der Waals surface area contributed by atoms with Crippen LogP contribution in [0.25, 0.3) is 27.0 Å². The number of aryl methyl sites for hydroxylation is 1. The third-order valence-corrected chi connectivity index (χ3v) is 8.14. The van der Waals surface area contributed by atoms with E-state index in [0.717, 1.165) is 37.4 Å². The number of rotatable bonds is 5. The molecule has 3 aromatic carbocycles. The Hall–Kier alpha value is -3.15. The summed E-state index contributed by atoms with van der Waals surface area (Å²) >= 11 is 3.20. The Bertz CT molecular complexity index is 1530. The Morgan fingerprint density at radius 2 is 1.51 bits per heavy atom. The number of thioether (sulfide) groups is 1. The van der Waals surface area contributed by atoms with Crippen molar-refractivity contribution in [3.05, 3.63) is 111 Å². The lowest BCUT2D eigenvalue weighted by Gasteiger charge is -2.19.